The summed E-state index contributed by atoms with van der Waals surface area (Å²) >= 11 is 2.31. The summed E-state index contributed by atoms with van der Waals surface area (Å²) in [5.74, 6) is -1.11. The van der Waals surface area contributed by atoms with Gasteiger partial charge in [-0.15, -0.1) is 11.8 Å². The number of esters is 2. The quantitative estimate of drug-likeness (QED) is 0.482. The minimum atomic E-state index is -0.568. The highest BCUT2D eigenvalue weighted by Crippen LogP contribution is 2.43. The van der Waals surface area contributed by atoms with Gasteiger partial charge in [0.1, 0.15) is 16.4 Å². The standard InChI is InChI=1S/C24H27N3O7S2/c1-12(33-22(31)13-6-4-3-5-7-13)23-34-15(16(35-23)11-17(28)32-2)9-8-14-10-18(29)36-20-19(14)26-24(25)27-21(20)30/h3-7,12,14-16,23H,8-11H2,1-2H3,(H3,25,26,27,30)/t12-,14?,15?,16?,23?/m0/s1. The molecule has 5 atom stereocenters. The lowest BCUT2D eigenvalue weighted by Gasteiger charge is -2.25. The normalized spacial score (nSPS) is 24.1. The molecule has 1 fully saturated rings. The second-order valence-electron chi connectivity index (χ2n) is 8.59. The Morgan fingerprint density at radius 2 is 2.00 bits per heavy atom. The van der Waals surface area contributed by atoms with Crippen molar-refractivity contribution >= 4 is 46.5 Å². The van der Waals surface area contributed by atoms with E-state index in [1.807, 2.05) is 6.07 Å². The number of hydrogen-bond acceptors (Lipinski definition) is 11. The molecule has 0 saturated carbocycles. The smallest absolute Gasteiger partial charge is 0.338 e. The Morgan fingerprint density at radius 1 is 1.25 bits per heavy atom. The molecule has 1 aromatic heterocycles. The summed E-state index contributed by atoms with van der Waals surface area (Å²) in [6, 6.07) is 8.68. The van der Waals surface area contributed by atoms with E-state index in [0.717, 1.165) is 11.8 Å². The number of nitrogens with zero attached hydrogens (tertiary/aromatic N) is 1. The number of ether oxygens (including phenoxy) is 3. The molecule has 10 nitrogen and oxygen atoms in total. The van der Waals surface area contributed by atoms with Gasteiger partial charge in [0.05, 0.1) is 30.9 Å². The van der Waals surface area contributed by atoms with Gasteiger partial charge in [0, 0.05) is 17.6 Å². The van der Waals surface area contributed by atoms with E-state index >= 15 is 0 Å². The van der Waals surface area contributed by atoms with Gasteiger partial charge in [-0.3, -0.25) is 19.4 Å². The largest absolute Gasteiger partial charge is 0.469 e. The van der Waals surface area contributed by atoms with Crippen LogP contribution in [0.1, 0.15) is 54.6 Å². The zero-order valence-corrected chi connectivity index (χ0v) is 21.4. The summed E-state index contributed by atoms with van der Waals surface area (Å²) in [6.45, 7) is 1.75. The first-order valence-electron chi connectivity index (χ1n) is 11.5. The van der Waals surface area contributed by atoms with Gasteiger partial charge in [-0.2, -0.15) is 0 Å². The average Bonchev–Trinajstić information content (AvgIpc) is 3.26. The molecular formula is C24H27N3O7S2. The lowest BCUT2D eigenvalue weighted by Crippen LogP contribution is -2.29. The van der Waals surface area contributed by atoms with Gasteiger partial charge in [-0.1, -0.05) is 18.2 Å². The van der Waals surface area contributed by atoms with Crippen LogP contribution in [-0.4, -0.2) is 57.0 Å². The molecule has 4 rings (SSSR count). The second kappa shape index (κ2) is 11.5. The van der Waals surface area contributed by atoms with Crippen molar-refractivity contribution in [1.29, 1.82) is 0 Å². The number of methoxy groups -OCH3 is 1. The van der Waals surface area contributed by atoms with Crippen molar-refractivity contribution in [2.45, 2.75) is 66.3 Å². The molecule has 0 aliphatic carbocycles. The second-order valence-corrected chi connectivity index (χ2v) is 11.0. The van der Waals surface area contributed by atoms with E-state index in [1.165, 1.54) is 18.9 Å². The minimum Gasteiger partial charge on any atom is -0.469 e. The molecule has 0 radical (unpaired) electrons. The topological polar surface area (TPSA) is 151 Å². The van der Waals surface area contributed by atoms with E-state index in [1.54, 1.807) is 31.2 Å². The average molecular weight is 534 g/mol. The Bertz CT molecular complexity index is 1190. The van der Waals surface area contributed by atoms with E-state index in [2.05, 4.69) is 9.97 Å². The van der Waals surface area contributed by atoms with Crippen molar-refractivity contribution in [3.05, 3.63) is 51.9 Å². The third-order valence-corrected chi connectivity index (χ3v) is 8.63. The molecule has 0 amide bonds. The summed E-state index contributed by atoms with van der Waals surface area (Å²) in [5.41, 5.74) is 5.79. The van der Waals surface area contributed by atoms with Gasteiger partial charge in [-0.05, 0) is 43.7 Å². The fraction of sp³-hybridized carbons (Fsp3) is 0.458. The van der Waals surface area contributed by atoms with E-state index in [4.69, 9.17) is 19.9 Å². The van der Waals surface area contributed by atoms with E-state index in [9.17, 15) is 19.2 Å². The van der Waals surface area contributed by atoms with Crippen LogP contribution in [-0.2, 0) is 23.8 Å². The summed E-state index contributed by atoms with van der Waals surface area (Å²) < 4.78 is 16.7. The van der Waals surface area contributed by atoms with Crippen molar-refractivity contribution in [1.82, 2.24) is 9.97 Å². The summed E-state index contributed by atoms with van der Waals surface area (Å²) in [6.07, 6.45) is 0.432. The van der Waals surface area contributed by atoms with Crippen LogP contribution in [0.5, 0.6) is 0 Å². The maximum atomic E-state index is 12.5. The molecule has 2 aliphatic heterocycles. The fourth-order valence-electron chi connectivity index (χ4n) is 4.25. The van der Waals surface area contributed by atoms with Gasteiger partial charge in [0.15, 0.2) is 5.12 Å². The van der Waals surface area contributed by atoms with Crippen LogP contribution in [0.15, 0.2) is 40.0 Å². The van der Waals surface area contributed by atoms with Crippen molar-refractivity contribution in [2.24, 2.45) is 0 Å². The van der Waals surface area contributed by atoms with Crippen molar-refractivity contribution in [3.63, 3.8) is 0 Å². The minimum absolute atomic E-state index is 0.00376. The number of hydrogen-bond donors (Lipinski definition) is 2. The highest BCUT2D eigenvalue weighted by Gasteiger charge is 2.42. The molecule has 0 spiro atoms. The number of benzene rings is 1. The molecule has 4 unspecified atom stereocenters. The van der Waals surface area contributed by atoms with Crippen molar-refractivity contribution in [2.75, 3.05) is 12.8 Å². The van der Waals surface area contributed by atoms with Crippen molar-refractivity contribution < 1.29 is 28.6 Å². The number of carbonyl (C=O) groups excluding carboxylic acids is 3. The number of nitrogen functional groups attached to an aromatic ring is 1. The molecule has 1 aromatic carbocycles. The molecule has 2 aliphatic rings. The molecule has 192 valence electrons. The van der Waals surface area contributed by atoms with Crippen LogP contribution in [0.3, 0.4) is 0 Å². The summed E-state index contributed by atoms with van der Waals surface area (Å²) in [7, 11) is 1.33. The summed E-state index contributed by atoms with van der Waals surface area (Å²) in [4.78, 5) is 56.1. The number of nitrogens with one attached hydrogen (secondary N) is 1. The molecule has 3 N–H and O–H groups in total. The Labute approximate surface area is 216 Å². The lowest BCUT2D eigenvalue weighted by atomic mass is 9.92. The number of anilines is 1. The van der Waals surface area contributed by atoms with Crippen LogP contribution in [0, 0.1) is 0 Å². The number of thioether (sulfide) groups is 2. The van der Waals surface area contributed by atoms with Gasteiger partial charge in [-0.25, -0.2) is 9.78 Å². The SMILES string of the molecule is COC(=O)CC1SC([C@H](C)OC(=O)c2ccccc2)OC1CCC1CC(=O)Sc2c1nc(N)[nH]c2=O. The number of H-pyrrole nitrogens is 1. The third-order valence-electron chi connectivity index (χ3n) is 6.05. The van der Waals surface area contributed by atoms with Crippen LogP contribution in [0.25, 0.3) is 0 Å². The molecule has 12 heteroatoms. The Morgan fingerprint density at radius 3 is 2.72 bits per heavy atom. The van der Waals surface area contributed by atoms with Crippen LogP contribution in [0.2, 0.25) is 0 Å². The first-order valence-corrected chi connectivity index (χ1v) is 13.2. The van der Waals surface area contributed by atoms with E-state index in [0.29, 0.717) is 24.1 Å². The number of nitrogens with two attached hydrogens (primary N) is 1. The van der Waals surface area contributed by atoms with Gasteiger partial charge in [0.25, 0.3) is 5.56 Å². The van der Waals surface area contributed by atoms with Crippen LogP contribution in [0.4, 0.5) is 5.95 Å². The zero-order valence-electron chi connectivity index (χ0n) is 19.8. The monoisotopic (exact) mass is 533 g/mol. The zero-order chi connectivity index (χ0) is 25.8. The maximum Gasteiger partial charge on any atom is 0.338 e. The van der Waals surface area contributed by atoms with E-state index in [-0.39, 0.29) is 52.0 Å². The number of aromatic nitrogens is 2. The lowest BCUT2D eigenvalue weighted by molar-refractivity contribution is -0.141. The molecule has 36 heavy (non-hydrogen) atoms. The Kier molecular flexibility index (Phi) is 8.37. The molecule has 0 bridgehead atoms. The number of carbonyl (C=O) groups is 3. The molecule has 2 aromatic rings. The van der Waals surface area contributed by atoms with Gasteiger partial charge in [0.2, 0.25) is 5.95 Å². The first-order chi connectivity index (χ1) is 17.2. The van der Waals surface area contributed by atoms with Gasteiger partial charge >= 0.3 is 11.9 Å². The maximum absolute atomic E-state index is 12.5. The highest BCUT2D eigenvalue weighted by molar-refractivity contribution is 8.13. The van der Waals surface area contributed by atoms with Crippen LogP contribution >= 0.6 is 23.5 Å². The predicted molar refractivity (Wildman–Crippen MR) is 135 cm³/mol. The summed E-state index contributed by atoms with van der Waals surface area (Å²) in [5, 5.41) is -0.345. The van der Waals surface area contributed by atoms with E-state index < -0.39 is 23.1 Å². The van der Waals surface area contributed by atoms with Gasteiger partial charge < -0.3 is 19.9 Å². The first kappa shape index (κ1) is 26.2. The Balaban J connectivity index is 1.45. The molecule has 3 heterocycles. The van der Waals surface area contributed by atoms with Crippen molar-refractivity contribution in [3.8, 4) is 0 Å². The molecular weight excluding hydrogens is 506 g/mol. The number of rotatable bonds is 8. The fourth-order valence-corrected chi connectivity index (χ4v) is 6.66. The number of aromatic amines is 1. The highest BCUT2D eigenvalue weighted by atomic mass is 32.2. The predicted octanol–water partition coefficient (Wildman–Crippen LogP) is 2.87. The number of fused-ring (bicyclic) bond motifs is 1. The Hall–Kier alpha value is -2.83. The molecule has 1 saturated heterocycles. The third kappa shape index (κ3) is 6.11. The van der Waals surface area contributed by atoms with Crippen LogP contribution < -0.4 is 11.3 Å².